The fraction of sp³-hybridized carbons (Fsp3) is 0.222. The number of urea groups is 1. The zero-order valence-corrected chi connectivity index (χ0v) is 14.6. The Bertz CT molecular complexity index is 936. The molecule has 26 heavy (non-hydrogen) atoms. The maximum atomic E-state index is 13.8. The summed E-state index contributed by atoms with van der Waals surface area (Å²) in [5.74, 6) is -0.661. The maximum absolute atomic E-state index is 13.8. The van der Waals surface area contributed by atoms with Crippen LogP contribution in [-0.4, -0.2) is 42.1 Å². The van der Waals surface area contributed by atoms with Crippen molar-refractivity contribution in [3.05, 3.63) is 54.1 Å². The highest BCUT2D eigenvalue weighted by Gasteiger charge is 2.23. The topological polar surface area (TPSA) is 48.5 Å². The van der Waals surface area contributed by atoms with Crippen molar-refractivity contribution in [2.75, 3.05) is 36.4 Å². The molecule has 1 aromatic heterocycles. The number of thiazole rings is 1. The first-order valence-electron chi connectivity index (χ1n) is 8.22. The van der Waals surface area contributed by atoms with Gasteiger partial charge in [-0.15, -0.1) is 0 Å². The van der Waals surface area contributed by atoms with Crippen molar-refractivity contribution in [2.45, 2.75) is 0 Å². The van der Waals surface area contributed by atoms with E-state index in [1.54, 1.807) is 11.0 Å². The Morgan fingerprint density at radius 1 is 1.04 bits per heavy atom. The number of benzene rings is 2. The molecule has 0 spiro atoms. The highest BCUT2D eigenvalue weighted by molar-refractivity contribution is 7.22. The Balaban J connectivity index is 1.39. The van der Waals surface area contributed by atoms with E-state index in [2.05, 4.69) is 15.2 Å². The number of halogens is 2. The molecule has 0 saturated carbocycles. The lowest BCUT2D eigenvalue weighted by Gasteiger charge is -2.34. The van der Waals surface area contributed by atoms with Crippen LogP contribution in [0, 0.1) is 11.6 Å². The zero-order chi connectivity index (χ0) is 18.1. The second kappa shape index (κ2) is 6.87. The second-order valence-corrected chi connectivity index (χ2v) is 7.00. The normalized spacial score (nSPS) is 14.7. The monoisotopic (exact) mass is 374 g/mol. The molecule has 8 heteroatoms. The number of fused-ring (bicyclic) bond motifs is 1. The molecular formula is C18H16F2N4OS. The lowest BCUT2D eigenvalue weighted by Crippen LogP contribution is -2.50. The van der Waals surface area contributed by atoms with Crippen LogP contribution in [0.1, 0.15) is 0 Å². The number of nitrogens with zero attached hydrogens (tertiary/aromatic N) is 3. The third-order valence-corrected chi connectivity index (χ3v) is 5.37. The van der Waals surface area contributed by atoms with Gasteiger partial charge in [0.2, 0.25) is 0 Å². The van der Waals surface area contributed by atoms with Crippen molar-refractivity contribution in [2.24, 2.45) is 0 Å². The van der Waals surface area contributed by atoms with Crippen molar-refractivity contribution in [3.63, 3.8) is 0 Å². The van der Waals surface area contributed by atoms with Crippen LogP contribution in [0.5, 0.6) is 0 Å². The summed E-state index contributed by atoms with van der Waals surface area (Å²) in [6.45, 7) is 2.31. The molecular weight excluding hydrogens is 358 g/mol. The number of hydrogen-bond donors (Lipinski definition) is 1. The van der Waals surface area contributed by atoms with E-state index in [-0.39, 0.29) is 17.7 Å². The quantitative estimate of drug-likeness (QED) is 0.739. The summed E-state index contributed by atoms with van der Waals surface area (Å²) in [6, 6.07) is 10.4. The van der Waals surface area contributed by atoms with Gasteiger partial charge in [0.15, 0.2) is 5.13 Å². The number of para-hydroxylation sites is 1. The number of hydrogen-bond acceptors (Lipinski definition) is 4. The molecule has 2 heterocycles. The van der Waals surface area contributed by atoms with Gasteiger partial charge in [-0.3, -0.25) is 0 Å². The average Bonchev–Trinajstić information content (AvgIpc) is 3.09. The molecule has 1 aliphatic rings. The Morgan fingerprint density at radius 2 is 1.77 bits per heavy atom. The number of rotatable bonds is 2. The third kappa shape index (κ3) is 3.32. The number of piperazine rings is 1. The average molecular weight is 374 g/mol. The van der Waals surface area contributed by atoms with Crippen LogP contribution in [-0.2, 0) is 0 Å². The van der Waals surface area contributed by atoms with Gasteiger partial charge >= 0.3 is 6.03 Å². The van der Waals surface area contributed by atoms with Gasteiger partial charge in [-0.2, -0.15) is 0 Å². The van der Waals surface area contributed by atoms with Gasteiger partial charge in [0.25, 0.3) is 0 Å². The van der Waals surface area contributed by atoms with Crippen molar-refractivity contribution in [1.82, 2.24) is 9.88 Å². The Labute approximate surface area is 152 Å². The smallest absolute Gasteiger partial charge is 0.321 e. The number of anilines is 2. The first-order valence-corrected chi connectivity index (χ1v) is 9.03. The number of aromatic nitrogens is 1. The van der Waals surface area contributed by atoms with Crippen molar-refractivity contribution >= 4 is 38.4 Å². The van der Waals surface area contributed by atoms with Gasteiger partial charge in [0, 0.05) is 31.9 Å². The van der Waals surface area contributed by atoms with Crippen molar-refractivity contribution in [1.29, 1.82) is 0 Å². The second-order valence-electron chi connectivity index (χ2n) is 5.99. The van der Waals surface area contributed by atoms with E-state index in [1.165, 1.54) is 41.7 Å². The largest absolute Gasteiger partial charge is 0.345 e. The van der Waals surface area contributed by atoms with Gasteiger partial charge in [-0.1, -0.05) is 17.4 Å². The Morgan fingerprint density at radius 3 is 2.46 bits per heavy atom. The minimum absolute atomic E-state index is 0.216. The van der Waals surface area contributed by atoms with Crippen LogP contribution in [0.15, 0.2) is 42.5 Å². The molecule has 0 aliphatic carbocycles. The fourth-order valence-corrected chi connectivity index (χ4v) is 3.91. The highest BCUT2D eigenvalue weighted by Crippen LogP contribution is 2.30. The molecule has 2 aromatic carbocycles. The molecule has 4 rings (SSSR count). The van der Waals surface area contributed by atoms with Crippen molar-refractivity contribution < 1.29 is 13.6 Å². The Kier molecular flexibility index (Phi) is 4.42. The summed E-state index contributed by atoms with van der Waals surface area (Å²) >= 11 is 1.45. The molecule has 0 unspecified atom stereocenters. The predicted octanol–water partition coefficient (Wildman–Crippen LogP) is 3.93. The molecule has 2 amide bonds. The van der Waals surface area contributed by atoms with Gasteiger partial charge < -0.3 is 15.1 Å². The molecule has 1 saturated heterocycles. The fourth-order valence-electron chi connectivity index (χ4n) is 2.88. The molecule has 1 fully saturated rings. The van der Waals surface area contributed by atoms with Gasteiger partial charge in [0.05, 0.1) is 4.70 Å². The van der Waals surface area contributed by atoms with Crippen LogP contribution in [0.25, 0.3) is 10.2 Å². The maximum Gasteiger partial charge on any atom is 0.321 e. The number of carbonyl (C=O) groups is 1. The first kappa shape index (κ1) is 16.7. The van der Waals surface area contributed by atoms with E-state index in [9.17, 15) is 13.6 Å². The van der Waals surface area contributed by atoms with E-state index in [0.29, 0.717) is 37.4 Å². The van der Waals surface area contributed by atoms with Crippen LogP contribution in [0.4, 0.5) is 24.4 Å². The van der Waals surface area contributed by atoms with E-state index in [1.807, 2.05) is 6.07 Å². The molecule has 1 aliphatic heterocycles. The van der Waals surface area contributed by atoms with E-state index < -0.39 is 0 Å². The summed E-state index contributed by atoms with van der Waals surface area (Å²) in [6.07, 6.45) is 0. The zero-order valence-electron chi connectivity index (χ0n) is 13.8. The third-order valence-electron chi connectivity index (χ3n) is 4.29. The van der Waals surface area contributed by atoms with Crippen LogP contribution < -0.4 is 10.2 Å². The molecule has 0 atom stereocenters. The first-order chi connectivity index (χ1) is 12.6. The predicted molar refractivity (Wildman–Crippen MR) is 98.8 cm³/mol. The summed E-state index contributed by atoms with van der Waals surface area (Å²) in [5.41, 5.74) is 0.949. The summed E-state index contributed by atoms with van der Waals surface area (Å²) in [5, 5.41) is 3.53. The van der Waals surface area contributed by atoms with Crippen molar-refractivity contribution in [3.8, 4) is 0 Å². The minimum Gasteiger partial charge on any atom is -0.345 e. The van der Waals surface area contributed by atoms with E-state index >= 15 is 0 Å². The lowest BCUT2D eigenvalue weighted by atomic mass is 10.3. The SMILES string of the molecule is O=C(Nc1ccc(F)cc1)N1CCN(c2nc3c(F)cccc3s2)CC1. The molecule has 134 valence electrons. The molecule has 5 nitrogen and oxygen atoms in total. The summed E-state index contributed by atoms with van der Waals surface area (Å²) in [4.78, 5) is 20.5. The summed E-state index contributed by atoms with van der Waals surface area (Å²) < 4.78 is 27.6. The summed E-state index contributed by atoms with van der Waals surface area (Å²) in [7, 11) is 0. The van der Waals surface area contributed by atoms with Crippen LogP contribution >= 0.6 is 11.3 Å². The number of carbonyl (C=O) groups excluding carboxylic acids is 1. The Hall–Kier alpha value is -2.74. The van der Waals surface area contributed by atoms with E-state index in [4.69, 9.17) is 0 Å². The van der Waals surface area contributed by atoms with Gasteiger partial charge in [0.1, 0.15) is 17.2 Å². The number of amides is 2. The van der Waals surface area contributed by atoms with Crippen LogP contribution in [0.2, 0.25) is 0 Å². The standard InChI is InChI=1S/C18H16F2N4OS/c19-12-4-6-13(7-5-12)21-17(25)23-8-10-24(11-9-23)18-22-16-14(20)2-1-3-15(16)26-18/h1-7H,8-11H2,(H,21,25). The molecule has 3 aromatic rings. The minimum atomic E-state index is -0.344. The van der Waals surface area contributed by atoms with Gasteiger partial charge in [-0.05, 0) is 36.4 Å². The molecule has 0 radical (unpaired) electrons. The van der Waals surface area contributed by atoms with Crippen LogP contribution in [0.3, 0.4) is 0 Å². The highest BCUT2D eigenvalue weighted by atomic mass is 32.1. The number of nitrogens with one attached hydrogen (secondary N) is 1. The molecule has 0 bridgehead atoms. The van der Waals surface area contributed by atoms with E-state index in [0.717, 1.165) is 9.83 Å². The lowest BCUT2D eigenvalue weighted by molar-refractivity contribution is 0.208. The molecule has 1 N–H and O–H groups in total. The van der Waals surface area contributed by atoms with Gasteiger partial charge in [-0.25, -0.2) is 18.6 Å².